The molecular weight excluding hydrogens is 372 g/mol. The Bertz CT molecular complexity index is 710. The maximum atomic E-state index is 11.0. The Hall–Kier alpha value is -2.49. The molecule has 0 aliphatic carbocycles. The van der Waals surface area contributed by atoms with E-state index in [1.54, 1.807) is 6.08 Å². The molecule has 0 aliphatic heterocycles. The van der Waals surface area contributed by atoms with Gasteiger partial charge in [-0.1, -0.05) is 88.3 Å². The number of aromatic amines is 1. The molecule has 0 bridgehead atoms. The van der Waals surface area contributed by atoms with Gasteiger partial charge in [-0.25, -0.2) is 4.79 Å². The van der Waals surface area contributed by atoms with Gasteiger partial charge in [-0.05, 0) is 42.9 Å². The van der Waals surface area contributed by atoms with Crippen LogP contribution in [-0.4, -0.2) is 22.1 Å². The summed E-state index contributed by atoms with van der Waals surface area (Å²) in [7, 11) is 0. The van der Waals surface area contributed by atoms with Crippen molar-refractivity contribution < 1.29 is 9.90 Å². The summed E-state index contributed by atoms with van der Waals surface area (Å²) in [4.78, 5) is 14.2. The van der Waals surface area contributed by atoms with Crippen molar-refractivity contribution in [1.82, 2.24) is 4.98 Å². The van der Waals surface area contributed by atoms with Gasteiger partial charge in [-0.15, -0.1) is 0 Å². The summed E-state index contributed by atoms with van der Waals surface area (Å²) < 4.78 is 0. The molecule has 4 heteroatoms. The molecule has 2 rings (SSSR count). The fourth-order valence-corrected chi connectivity index (χ4v) is 3.96. The Balaban J connectivity index is 1.92. The van der Waals surface area contributed by atoms with Gasteiger partial charge < -0.3 is 15.4 Å². The fraction of sp³-hybridized carbons (Fsp3) is 0.500. The molecule has 2 atom stereocenters. The first-order chi connectivity index (χ1) is 14.7. The third kappa shape index (κ3) is 10.3. The normalized spacial score (nSPS) is 13.4. The van der Waals surface area contributed by atoms with Crippen LogP contribution >= 0.6 is 0 Å². The van der Waals surface area contributed by atoms with Crippen molar-refractivity contribution in [2.45, 2.75) is 77.2 Å². The molecule has 0 radical (unpaired) electrons. The van der Waals surface area contributed by atoms with Gasteiger partial charge in [0.25, 0.3) is 0 Å². The zero-order chi connectivity index (χ0) is 21.4. The summed E-state index contributed by atoms with van der Waals surface area (Å²) in [5, 5.41) is 12.5. The van der Waals surface area contributed by atoms with Gasteiger partial charge in [0.15, 0.2) is 0 Å². The highest BCUT2D eigenvalue weighted by atomic mass is 16.4. The monoisotopic (exact) mass is 410 g/mol. The summed E-state index contributed by atoms with van der Waals surface area (Å²) in [6, 6.07) is 14.6. The zero-order valence-electron chi connectivity index (χ0n) is 18.4. The van der Waals surface area contributed by atoms with Crippen LogP contribution in [0.2, 0.25) is 0 Å². The van der Waals surface area contributed by atoms with E-state index in [1.165, 1.54) is 56.6 Å². The van der Waals surface area contributed by atoms with Crippen LogP contribution in [0.1, 0.15) is 70.3 Å². The molecule has 1 heterocycles. The Morgan fingerprint density at radius 2 is 1.77 bits per heavy atom. The van der Waals surface area contributed by atoms with Crippen LogP contribution in [-0.2, 0) is 11.2 Å². The zero-order valence-corrected chi connectivity index (χ0v) is 18.4. The van der Waals surface area contributed by atoms with Gasteiger partial charge in [-0.3, -0.25) is 0 Å². The van der Waals surface area contributed by atoms with Crippen LogP contribution in [0.4, 0.5) is 5.82 Å². The van der Waals surface area contributed by atoms with Crippen molar-refractivity contribution in [3.8, 4) is 0 Å². The van der Waals surface area contributed by atoms with Crippen molar-refractivity contribution in [3.63, 3.8) is 0 Å². The van der Waals surface area contributed by atoms with Gasteiger partial charge in [0.05, 0.1) is 0 Å². The minimum absolute atomic E-state index is 0.00239. The average Bonchev–Trinajstić information content (AvgIpc) is 3.26. The molecule has 0 aliphatic rings. The van der Waals surface area contributed by atoms with E-state index in [0.717, 1.165) is 25.1 Å². The average molecular weight is 411 g/mol. The maximum Gasteiger partial charge on any atom is 0.328 e. The first kappa shape index (κ1) is 23.8. The summed E-state index contributed by atoms with van der Waals surface area (Å²) in [5.74, 6) is 0.636. The van der Waals surface area contributed by atoms with Crippen molar-refractivity contribution in [3.05, 3.63) is 66.4 Å². The smallest absolute Gasteiger partial charge is 0.328 e. The van der Waals surface area contributed by atoms with E-state index in [4.69, 9.17) is 5.11 Å². The summed E-state index contributed by atoms with van der Waals surface area (Å²) in [6.07, 6.45) is 17.1. The standard InChI is InChI=1S/C26H38N2O2/c1-2-3-4-5-6-8-14-23(21-22-12-9-7-10-13-22)16-17-24(18-19-26(29)30)28-25-15-11-20-27-25/h7,9-13,15,18-20,23-24,27-28H,2-6,8,14,16-17,21H2,1H3,(H,29,30)/b19-18+/t23-,24-/m1/s1. The quantitative estimate of drug-likeness (QED) is 0.210. The second kappa shape index (κ2) is 14.5. The van der Waals surface area contributed by atoms with Crippen LogP contribution in [0.3, 0.4) is 0 Å². The second-order valence-corrected chi connectivity index (χ2v) is 8.22. The molecule has 0 amide bonds. The topological polar surface area (TPSA) is 65.1 Å². The number of hydrogen-bond acceptors (Lipinski definition) is 2. The van der Waals surface area contributed by atoms with Gasteiger partial charge in [0, 0.05) is 18.3 Å². The van der Waals surface area contributed by atoms with E-state index in [2.05, 4.69) is 47.6 Å². The molecule has 164 valence electrons. The van der Waals surface area contributed by atoms with Crippen molar-refractivity contribution in [1.29, 1.82) is 0 Å². The first-order valence-corrected chi connectivity index (χ1v) is 11.5. The van der Waals surface area contributed by atoms with E-state index in [-0.39, 0.29) is 6.04 Å². The number of benzene rings is 1. The molecule has 1 aromatic heterocycles. The Morgan fingerprint density at radius 3 is 2.47 bits per heavy atom. The highest BCUT2D eigenvalue weighted by molar-refractivity contribution is 5.79. The molecule has 3 N–H and O–H groups in total. The number of carboxylic acids is 1. The molecule has 30 heavy (non-hydrogen) atoms. The van der Waals surface area contributed by atoms with Crippen LogP contribution in [0.25, 0.3) is 0 Å². The van der Waals surface area contributed by atoms with Gasteiger partial charge >= 0.3 is 5.97 Å². The summed E-state index contributed by atoms with van der Waals surface area (Å²) >= 11 is 0. The number of unbranched alkanes of at least 4 members (excludes halogenated alkanes) is 5. The molecule has 0 fully saturated rings. The minimum Gasteiger partial charge on any atom is -0.478 e. The van der Waals surface area contributed by atoms with E-state index in [9.17, 15) is 4.79 Å². The SMILES string of the molecule is CCCCCCCC[C@H](CC[C@H](/C=C/C(=O)O)Nc1ccc[nH]1)Cc1ccccc1. The summed E-state index contributed by atoms with van der Waals surface area (Å²) in [6.45, 7) is 2.26. The van der Waals surface area contributed by atoms with E-state index < -0.39 is 5.97 Å². The van der Waals surface area contributed by atoms with Crippen LogP contribution < -0.4 is 5.32 Å². The van der Waals surface area contributed by atoms with Gasteiger partial charge in [0.2, 0.25) is 0 Å². The number of anilines is 1. The van der Waals surface area contributed by atoms with Crippen LogP contribution in [0.5, 0.6) is 0 Å². The number of carbonyl (C=O) groups is 1. The largest absolute Gasteiger partial charge is 0.478 e. The predicted octanol–water partition coefficient (Wildman–Crippen LogP) is 6.83. The molecule has 0 spiro atoms. The highest BCUT2D eigenvalue weighted by Crippen LogP contribution is 2.23. The van der Waals surface area contributed by atoms with Crippen LogP contribution in [0.15, 0.2) is 60.8 Å². The highest BCUT2D eigenvalue weighted by Gasteiger charge is 2.14. The van der Waals surface area contributed by atoms with E-state index in [0.29, 0.717) is 5.92 Å². The third-order valence-corrected chi connectivity index (χ3v) is 5.63. The number of carboxylic acid groups (broad SMARTS) is 1. The van der Waals surface area contributed by atoms with Crippen molar-refractivity contribution in [2.24, 2.45) is 5.92 Å². The third-order valence-electron chi connectivity index (χ3n) is 5.63. The Labute approximate surface area is 181 Å². The molecular formula is C26H38N2O2. The molecule has 2 aromatic rings. The second-order valence-electron chi connectivity index (χ2n) is 8.22. The van der Waals surface area contributed by atoms with Crippen molar-refractivity contribution in [2.75, 3.05) is 5.32 Å². The lowest BCUT2D eigenvalue weighted by Crippen LogP contribution is -2.19. The number of aliphatic carboxylic acids is 1. The van der Waals surface area contributed by atoms with E-state index in [1.807, 2.05) is 18.3 Å². The van der Waals surface area contributed by atoms with Crippen molar-refractivity contribution >= 4 is 11.8 Å². The lowest BCUT2D eigenvalue weighted by molar-refractivity contribution is -0.131. The Morgan fingerprint density at radius 1 is 1.00 bits per heavy atom. The number of H-pyrrole nitrogens is 1. The molecule has 0 saturated carbocycles. The maximum absolute atomic E-state index is 11.0. The lowest BCUT2D eigenvalue weighted by atomic mass is 9.88. The number of nitrogens with one attached hydrogen (secondary N) is 2. The van der Waals surface area contributed by atoms with Gasteiger partial charge in [0.1, 0.15) is 5.82 Å². The van der Waals surface area contributed by atoms with E-state index >= 15 is 0 Å². The number of rotatable bonds is 16. The number of hydrogen-bond donors (Lipinski definition) is 3. The summed E-state index contributed by atoms with van der Waals surface area (Å²) in [5.41, 5.74) is 1.39. The molecule has 4 nitrogen and oxygen atoms in total. The molecule has 1 aromatic carbocycles. The Kier molecular flexibility index (Phi) is 11.5. The molecule has 0 saturated heterocycles. The molecule has 0 unspecified atom stereocenters. The van der Waals surface area contributed by atoms with Gasteiger partial charge in [-0.2, -0.15) is 0 Å². The number of aromatic nitrogens is 1. The first-order valence-electron chi connectivity index (χ1n) is 11.5. The van der Waals surface area contributed by atoms with Crippen LogP contribution in [0, 0.1) is 5.92 Å². The lowest BCUT2D eigenvalue weighted by Gasteiger charge is -2.21. The minimum atomic E-state index is -0.902. The fourth-order valence-electron chi connectivity index (χ4n) is 3.96. The predicted molar refractivity (Wildman–Crippen MR) is 126 cm³/mol.